The van der Waals surface area contributed by atoms with Gasteiger partial charge >= 0.3 is 0 Å². The Labute approximate surface area is 179 Å². The van der Waals surface area contributed by atoms with Gasteiger partial charge in [-0.2, -0.15) is 0 Å². The minimum Gasteiger partial charge on any atom is -0.457 e. The lowest BCUT2D eigenvalue weighted by Crippen LogP contribution is -2.59. The molecular weight excluding hydrogens is 395 g/mol. The van der Waals surface area contributed by atoms with Gasteiger partial charge in [0.15, 0.2) is 13.1 Å². The standard InChI is InChI=1S/C24H21FN4O2/c25-19-5-7-20(8-6-19)31-22-10-12-27-13-21(22)16-1-3-17(4-2-16)23(30)28-24-11-9-18(24)14-29(26)15-24/h1-8,10,12-13,18,26H,9,11,14-15H2/p+1/t18?,24-/m0/s1. The Kier molecular flexibility index (Phi) is 4.73. The topological polar surface area (TPSA) is 78.1 Å². The molecule has 1 saturated heterocycles. The number of carbonyl (C=O) groups is 1. The lowest BCUT2D eigenvalue weighted by molar-refractivity contribution is -0.599. The summed E-state index contributed by atoms with van der Waals surface area (Å²) >= 11 is 0. The third-order valence-corrected chi connectivity index (χ3v) is 6.28. The molecule has 1 aliphatic heterocycles. The fourth-order valence-corrected chi connectivity index (χ4v) is 4.46. The van der Waals surface area contributed by atoms with E-state index in [4.69, 9.17) is 10.3 Å². The first kappa shape index (κ1) is 19.4. The van der Waals surface area contributed by atoms with E-state index < -0.39 is 0 Å². The van der Waals surface area contributed by atoms with Gasteiger partial charge in [0.25, 0.3) is 5.91 Å². The predicted octanol–water partition coefficient (Wildman–Crippen LogP) is 4.62. The fourth-order valence-electron chi connectivity index (χ4n) is 4.46. The van der Waals surface area contributed by atoms with Gasteiger partial charge in [0.05, 0.1) is 0 Å². The molecule has 1 amide bonds. The van der Waals surface area contributed by atoms with Crippen LogP contribution in [0.1, 0.15) is 23.2 Å². The molecule has 2 aliphatic rings. The number of rotatable bonds is 5. The molecule has 31 heavy (non-hydrogen) atoms. The number of nitrogens with zero attached hydrogens (tertiary/aromatic N) is 2. The van der Waals surface area contributed by atoms with Crippen molar-refractivity contribution in [3.05, 3.63) is 78.4 Å². The van der Waals surface area contributed by atoms with Gasteiger partial charge in [-0.1, -0.05) is 17.7 Å². The first-order chi connectivity index (χ1) is 15.0. The van der Waals surface area contributed by atoms with E-state index in [0.717, 1.165) is 30.5 Å². The largest absolute Gasteiger partial charge is 0.457 e. The molecule has 156 valence electrons. The number of halogens is 1. The van der Waals surface area contributed by atoms with Crippen molar-refractivity contribution in [3.63, 3.8) is 0 Å². The van der Waals surface area contributed by atoms with E-state index in [-0.39, 0.29) is 17.3 Å². The highest BCUT2D eigenvalue weighted by molar-refractivity contribution is 5.95. The average molecular weight is 417 g/mol. The number of benzene rings is 2. The molecule has 1 aromatic heterocycles. The molecular formula is C24H22FN4O2+. The number of ether oxygens (including phenoxy) is 1. The predicted molar refractivity (Wildman–Crippen MR) is 112 cm³/mol. The van der Waals surface area contributed by atoms with Crippen LogP contribution in [0.3, 0.4) is 0 Å². The molecule has 2 N–H and O–H groups in total. The maximum Gasteiger partial charge on any atom is 0.251 e. The number of nitrogens with one attached hydrogen (secondary N) is 2. The number of hydrogen-bond donors (Lipinski definition) is 2. The zero-order valence-corrected chi connectivity index (χ0v) is 16.8. The highest BCUT2D eigenvalue weighted by Gasteiger charge is 2.58. The van der Waals surface area contributed by atoms with Crippen LogP contribution in [0.4, 0.5) is 4.39 Å². The molecule has 0 spiro atoms. The van der Waals surface area contributed by atoms with Crippen LogP contribution < -0.4 is 10.1 Å². The van der Waals surface area contributed by atoms with Gasteiger partial charge in [0.1, 0.15) is 22.9 Å². The van der Waals surface area contributed by atoms with Crippen LogP contribution in [-0.2, 0) is 0 Å². The molecule has 1 unspecified atom stereocenters. The Morgan fingerprint density at radius 3 is 2.61 bits per heavy atom. The third kappa shape index (κ3) is 3.67. The van der Waals surface area contributed by atoms with Gasteiger partial charge < -0.3 is 10.1 Å². The maximum atomic E-state index is 13.2. The summed E-state index contributed by atoms with van der Waals surface area (Å²) in [4.78, 5) is 17.0. The molecule has 1 saturated carbocycles. The van der Waals surface area contributed by atoms with Gasteiger partial charge in [0.2, 0.25) is 0 Å². The Morgan fingerprint density at radius 2 is 1.94 bits per heavy atom. The van der Waals surface area contributed by atoms with E-state index in [2.05, 4.69) is 10.3 Å². The average Bonchev–Trinajstić information content (AvgIpc) is 2.99. The van der Waals surface area contributed by atoms with Crippen molar-refractivity contribution >= 4 is 5.91 Å². The van der Waals surface area contributed by atoms with Crippen LogP contribution in [0.15, 0.2) is 67.0 Å². The van der Waals surface area contributed by atoms with E-state index in [0.29, 0.717) is 29.5 Å². The van der Waals surface area contributed by atoms with Crippen molar-refractivity contribution in [2.75, 3.05) is 13.1 Å². The van der Waals surface area contributed by atoms with Crippen LogP contribution in [0.25, 0.3) is 11.1 Å². The Morgan fingerprint density at radius 1 is 1.16 bits per heavy atom. The minimum absolute atomic E-state index is 0.111. The van der Waals surface area contributed by atoms with Crippen molar-refractivity contribution in [2.45, 2.75) is 18.4 Å². The van der Waals surface area contributed by atoms with Gasteiger partial charge in [-0.15, -0.1) is 4.70 Å². The lowest BCUT2D eigenvalue weighted by atomic mass is 9.69. The smallest absolute Gasteiger partial charge is 0.251 e. The second kappa shape index (κ2) is 7.58. The zero-order chi connectivity index (χ0) is 21.4. The second-order valence-electron chi connectivity index (χ2n) is 8.23. The normalized spacial score (nSPS) is 21.8. The van der Waals surface area contributed by atoms with Crippen molar-refractivity contribution in [3.8, 4) is 22.6 Å². The summed E-state index contributed by atoms with van der Waals surface area (Å²) in [6, 6.07) is 14.9. The number of amides is 1. The first-order valence-electron chi connectivity index (χ1n) is 10.3. The Bertz CT molecular complexity index is 1150. The number of aromatic nitrogens is 1. The van der Waals surface area contributed by atoms with Crippen molar-refractivity contribution in [1.82, 2.24) is 10.3 Å². The third-order valence-electron chi connectivity index (χ3n) is 6.28. The van der Waals surface area contributed by atoms with Crippen molar-refractivity contribution in [1.29, 1.82) is 5.53 Å². The summed E-state index contributed by atoms with van der Waals surface area (Å²) in [5.41, 5.74) is 9.85. The van der Waals surface area contributed by atoms with Crippen molar-refractivity contribution in [2.24, 2.45) is 5.92 Å². The number of carbonyl (C=O) groups excluding carboxylic acids is 1. The van der Waals surface area contributed by atoms with Gasteiger partial charge in [-0.05, 0) is 60.9 Å². The summed E-state index contributed by atoms with van der Waals surface area (Å²) in [5, 5.41) is 3.18. The van der Waals surface area contributed by atoms with Crippen LogP contribution in [0.2, 0.25) is 0 Å². The summed E-state index contributed by atoms with van der Waals surface area (Å²) < 4.78 is 20.6. The quantitative estimate of drug-likeness (QED) is 0.595. The summed E-state index contributed by atoms with van der Waals surface area (Å²) in [6.07, 6.45) is 5.33. The Balaban J connectivity index is 1.34. The van der Waals surface area contributed by atoms with Crippen LogP contribution >= 0.6 is 0 Å². The van der Waals surface area contributed by atoms with Crippen LogP contribution in [0, 0.1) is 17.3 Å². The SMILES string of the molecule is N=[N+]1CC2CC[C@]2(NC(=O)c2ccc(-c3cnccc3Oc3ccc(F)cc3)cc2)C1. The lowest BCUT2D eigenvalue weighted by Gasteiger charge is -2.40. The van der Waals surface area contributed by atoms with Gasteiger partial charge in [-0.25, -0.2) is 4.39 Å². The zero-order valence-electron chi connectivity index (χ0n) is 16.8. The van der Waals surface area contributed by atoms with Gasteiger partial charge in [-0.3, -0.25) is 9.78 Å². The van der Waals surface area contributed by atoms with E-state index in [9.17, 15) is 9.18 Å². The van der Waals surface area contributed by atoms with E-state index in [1.54, 1.807) is 47.4 Å². The summed E-state index contributed by atoms with van der Waals surface area (Å²) in [6.45, 7) is 1.30. The highest BCUT2D eigenvalue weighted by Crippen LogP contribution is 2.43. The molecule has 7 heteroatoms. The monoisotopic (exact) mass is 417 g/mol. The first-order valence-corrected chi connectivity index (χ1v) is 10.3. The minimum atomic E-state index is -0.322. The molecule has 0 bridgehead atoms. The van der Waals surface area contributed by atoms with Crippen LogP contribution in [0.5, 0.6) is 11.5 Å². The van der Waals surface area contributed by atoms with E-state index >= 15 is 0 Å². The maximum absolute atomic E-state index is 13.2. The van der Waals surface area contributed by atoms with Gasteiger partial charge in [0, 0.05) is 29.4 Å². The molecule has 2 aromatic carbocycles. The molecule has 2 heterocycles. The molecule has 6 nitrogen and oxygen atoms in total. The summed E-state index contributed by atoms with van der Waals surface area (Å²) in [5.74, 6) is 1.06. The number of hydrogen-bond acceptors (Lipinski definition) is 4. The van der Waals surface area contributed by atoms with Crippen molar-refractivity contribution < 1.29 is 18.6 Å². The molecule has 5 rings (SSSR count). The molecule has 2 atom stereocenters. The Hall–Kier alpha value is -3.61. The van der Waals surface area contributed by atoms with E-state index in [1.807, 2.05) is 12.1 Å². The molecule has 0 radical (unpaired) electrons. The fraction of sp³-hybridized carbons (Fsp3) is 0.250. The number of fused-ring (bicyclic) bond motifs is 1. The summed E-state index contributed by atoms with van der Waals surface area (Å²) in [7, 11) is 0. The molecule has 3 aromatic rings. The molecule has 2 fully saturated rings. The highest BCUT2D eigenvalue weighted by atomic mass is 19.1. The van der Waals surface area contributed by atoms with Crippen LogP contribution in [-0.4, -0.2) is 34.2 Å². The number of pyridine rings is 1. The second-order valence-corrected chi connectivity index (χ2v) is 8.23. The van der Waals surface area contributed by atoms with E-state index in [1.165, 1.54) is 12.1 Å². The molecule has 1 aliphatic carbocycles.